The highest BCUT2D eigenvalue weighted by Gasteiger charge is 2.24. The van der Waals surface area contributed by atoms with Gasteiger partial charge in [0.05, 0.1) is 6.54 Å². The van der Waals surface area contributed by atoms with Crippen LogP contribution in [0, 0.1) is 26.2 Å². The summed E-state index contributed by atoms with van der Waals surface area (Å²) >= 11 is 6.19. The third-order valence-electron chi connectivity index (χ3n) is 4.70. The van der Waals surface area contributed by atoms with E-state index in [9.17, 15) is 0 Å². The molecule has 2 aromatic rings. The first-order valence-corrected chi connectivity index (χ1v) is 9.29. The number of nitrogens with one attached hydrogen (secondary N) is 1. The molecular weight excluding hydrogens is 346 g/mol. The fourth-order valence-electron chi connectivity index (χ4n) is 3.45. The number of hydrogen-bond acceptors (Lipinski definition) is 3. The van der Waals surface area contributed by atoms with Gasteiger partial charge in [0, 0.05) is 11.1 Å². The summed E-state index contributed by atoms with van der Waals surface area (Å²) in [5, 5.41) is 4.18. The Labute approximate surface area is 160 Å². The number of benzene rings is 2. The summed E-state index contributed by atoms with van der Waals surface area (Å²) in [6, 6.07) is 10.4. The quantitative estimate of drug-likeness (QED) is 0.570. The van der Waals surface area contributed by atoms with E-state index in [0.717, 1.165) is 40.5 Å². The minimum atomic E-state index is 0.320. The van der Waals surface area contributed by atoms with Crippen LogP contribution >= 0.6 is 11.6 Å². The van der Waals surface area contributed by atoms with Gasteiger partial charge in [-0.05, 0) is 67.1 Å². The van der Waals surface area contributed by atoms with Gasteiger partial charge in [-0.15, -0.1) is 6.42 Å². The molecule has 1 aliphatic rings. The number of ether oxygens (including phenoxy) is 2. The summed E-state index contributed by atoms with van der Waals surface area (Å²) in [5.74, 6) is 4.41. The van der Waals surface area contributed by atoms with Crippen molar-refractivity contribution in [2.75, 3.05) is 19.8 Å². The number of terminal acetylenes is 1. The van der Waals surface area contributed by atoms with Crippen molar-refractivity contribution in [2.24, 2.45) is 0 Å². The zero-order valence-electron chi connectivity index (χ0n) is 15.3. The molecule has 3 nitrogen and oxygen atoms in total. The van der Waals surface area contributed by atoms with Crippen molar-refractivity contribution in [1.29, 1.82) is 0 Å². The van der Waals surface area contributed by atoms with Crippen LogP contribution < -0.4 is 14.8 Å². The number of aryl methyl sites for hydroxylation is 2. The summed E-state index contributed by atoms with van der Waals surface area (Å²) in [5.41, 5.74) is 4.62. The lowest BCUT2D eigenvalue weighted by Gasteiger charge is -2.14. The highest BCUT2D eigenvalue weighted by atomic mass is 35.5. The summed E-state index contributed by atoms with van der Waals surface area (Å²) in [6.07, 6.45) is 7.41. The predicted octanol–water partition coefficient (Wildman–Crippen LogP) is 4.62. The topological polar surface area (TPSA) is 30.5 Å². The lowest BCUT2D eigenvalue weighted by molar-refractivity contribution is 0.216. The third kappa shape index (κ3) is 4.15. The van der Waals surface area contributed by atoms with Crippen LogP contribution in [0.5, 0.6) is 11.5 Å². The Bertz CT molecular complexity index is 802. The first-order chi connectivity index (χ1) is 12.6. The van der Waals surface area contributed by atoms with Crippen molar-refractivity contribution in [1.82, 2.24) is 5.32 Å². The minimum absolute atomic E-state index is 0.320. The zero-order valence-corrected chi connectivity index (χ0v) is 16.0. The van der Waals surface area contributed by atoms with Gasteiger partial charge in [-0.2, -0.15) is 0 Å². The van der Waals surface area contributed by atoms with Gasteiger partial charge in [0.25, 0.3) is 0 Å². The van der Waals surface area contributed by atoms with E-state index >= 15 is 0 Å². The van der Waals surface area contributed by atoms with Crippen molar-refractivity contribution in [2.45, 2.75) is 32.7 Å². The summed E-state index contributed by atoms with van der Waals surface area (Å²) in [7, 11) is 0. The molecule has 2 aromatic carbocycles. The van der Waals surface area contributed by atoms with Crippen LogP contribution in [0.15, 0.2) is 30.3 Å². The molecule has 136 valence electrons. The Balaban J connectivity index is 1.56. The van der Waals surface area contributed by atoms with Gasteiger partial charge >= 0.3 is 0 Å². The SMILES string of the molecule is C#CCNC1CCc2c(OCCOc3cc(C)c(Cl)c(C)c3)cccc21. The zero-order chi connectivity index (χ0) is 18.5. The van der Waals surface area contributed by atoms with Crippen LogP contribution in [-0.4, -0.2) is 19.8 Å². The molecule has 3 rings (SSSR count). The Morgan fingerprint density at radius 1 is 1.19 bits per heavy atom. The number of rotatable bonds is 7. The van der Waals surface area contributed by atoms with Gasteiger partial charge < -0.3 is 9.47 Å². The number of hydrogen-bond donors (Lipinski definition) is 1. The molecule has 1 N–H and O–H groups in total. The van der Waals surface area contributed by atoms with E-state index in [4.69, 9.17) is 27.5 Å². The molecule has 0 spiro atoms. The molecule has 1 atom stereocenters. The molecule has 0 aromatic heterocycles. The van der Waals surface area contributed by atoms with E-state index in [-0.39, 0.29) is 0 Å². The lowest BCUT2D eigenvalue weighted by atomic mass is 10.1. The van der Waals surface area contributed by atoms with Crippen LogP contribution in [0.25, 0.3) is 0 Å². The molecule has 26 heavy (non-hydrogen) atoms. The molecule has 4 heteroatoms. The van der Waals surface area contributed by atoms with Gasteiger partial charge in [-0.25, -0.2) is 0 Å². The standard InChI is InChI=1S/C22H24ClNO2/c1-4-10-24-20-9-8-19-18(20)6-5-7-21(19)26-12-11-25-17-13-15(2)22(23)16(3)14-17/h1,5-7,13-14,20,24H,8-12H2,2-3H3. The second-order valence-electron chi connectivity index (χ2n) is 6.57. The first kappa shape index (κ1) is 18.6. The highest BCUT2D eigenvalue weighted by Crippen LogP contribution is 2.36. The molecular formula is C22H24ClNO2. The number of halogens is 1. The fraction of sp³-hybridized carbons (Fsp3) is 0.364. The lowest BCUT2D eigenvalue weighted by Crippen LogP contribution is -2.19. The van der Waals surface area contributed by atoms with Gasteiger partial charge in [-0.3, -0.25) is 5.32 Å². The van der Waals surface area contributed by atoms with Crippen LogP contribution in [0.3, 0.4) is 0 Å². The van der Waals surface area contributed by atoms with E-state index < -0.39 is 0 Å². The van der Waals surface area contributed by atoms with Gasteiger partial charge in [0.2, 0.25) is 0 Å². The Kier molecular flexibility index (Phi) is 6.08. The van der Waals surface area contributed by atoms with E-state index in [2.05, 4.69) is 17.3 Å². The smallest absolute Gasteiger partial charge is 0.123 e. The second kappa shape index (κ2) is 8.49. The van der Waals surface area contributed by atoms with Gasteiger partial charge in [0.15, 0.2) is 0 Å². The number of fused-ring (bicyclic) bond motifs is 1. The summed E-state index contributed by atoms with van der Waals surface area (Å²) < 4.78 is 11.8. The Morgan fingerprint density at radius 3 is 2.65 bits per heavy atom. The molecule has 0 aliphatic heterocycles. The van der Waals surface area contributed by atoms with E-state index in [0.29, 0.717) is 25.8 Å². The average molecular weight is 370 g/mol. The van der Waals surface area contributed by atoms with Crippen LogP contribution in [0.1, 0.15) is 34.7 Å². The predicted molar refractivity (Wildman–Crippen MR) is 106 cm³/mol. The normalized spacial score (nSPS) is 15.4. The van der Waals surface area contributed by atoms with Crippen LogP contribution in [0.4, 0.5) is 0 Å². The second-order valence-corrected chi connectivity index (χ2v) is 6.95. The maximum Gasteiger partial charge on any atom is 0.123 e. The Morgan fingerprint density at radius 2 is 1.92 bits per heavy atom. The van der Waals surface area contributed by atoms with E-state index in [1.807, 2.05) is 38.1 Å². The molecule has 0 amide bonds. The van der Waals surface area contributed by atoms with Crippen LogP contribution in [-0.2, 0) is 6.42 Å². The van der Waals surface area contributed by atoms with Crippen molar-refractivity contribution >= 4 is 11.6 Å². The van der Waals surface area contributed by atoms with E-state index in [1.165, 1.54) is 11.1 Å². The molecule has 0 saturated heterocycles. The first-order valence-electron chi connectivity index (χ1n) is 8.91. The third-order valence-corrected chi connectivity index (χ3v) is 5.29. The molecule has 0 fully saturated rings. The van der Waals surface area contributed by atoms with E-state index in [1.54, 1.807) is 0 Å². The maximum atomic E-state index is 6.19. The molecule has 0 saturated carbocycles. The molecule has 0 heterocycles. The Hall–Kier alpha value is -2.15. The highest BCUT2D eigenvalue weighted by molar-refractivity contribution is 6.32. The average Bonchev–Trinajstić information content (AvgIpc) is 3.05. The largest absolute Gasteiger partial charge is 0.490 e. The summed E-state index contributed by atoms with van der Waals surface area (Å²) in [6.45, 7) is 5.54. The maximum absolute atomic E-state index is 6.19. The van der Waals surface area contributed by atoms with Crippen molar-refractivity contribution in [3.63, 3.8) is 0 Å². The minimum Gasteiger partial charge on any atom is -0.490 e. The molecule has 0 bridgehead atoms. The molecule has 1 aliphatic carbocycles. The van der Waals surface area contributed by atoms with Crippen molar-refractivity contribution in [3.05, 3.63) is 57.6 Å². The van der Waals surface area contributed by atoms with Crippen molar-refractivity contribution < 1.29 is 9.47 Å². The molecule has 1 unspecified atom stereocenters. The van der Waals surface area contributed by atoms with Gasteiger partial charge in [0.1, 0.15) is 24.7 Å². The molecule has 0 radical (unpaired) electrons. The fourth-order valence-corrected chi connectivity index (χ4v) is 3.56. The van der Waals surface area contributed by atoms with Crippen LogP contribution in [0.2, 0.25) is 5.02 Å². The monoisotopic (exact) mass is 369 g/mol. The van der Waals surface area contributed by atoms with Crippen molar-refractivity contribution in [3.8, 4) is 23.8 Å². The van der Waals surface area contributed by atoms with Gasteiger partial charge in [-0.1, -0.05) is 29.7 Å². The summed E-state index contributed by atoms with van der Waals surface area (Å²) in [4.78, 5) is 0.